The van der Waals surface area contributed by atoms with Crippen LogP contribution >= 0.6 is 0 Å². The van der Waals surface area contributed by atoms with Gasteiger partial charge in [-0.25, -0.2) is 0 Å². The van der Waals surface area contributed by atoms with E-state index in [-0.39, 0.29) is 29.1 Å². The zero-order chi connectivity index (χ0) is 30.3. The Kier molecular flexibility index (Phi) is 5.43. The number of aliphatic hydroxyl groups excluding tert-OH is 1. The smallest absolute Gasteiger partial charge is 0.174 e. The second-order valence-corrected chi connectivity index (χ2v) is 14.4. The molecular formula is C35H40N2O7. The fourth-order valence-corrected chi connectivity index (χ4v) is 10.9. The van der Waals surface area contributed by atoms with E-state index in [1.54, 1.807) is 13.2 Å². The van der Waals surface area contributed by atoms with E-state index in [9.17, 15) is 20.1 Å². The van der Waals surface area contributed by atoms with Crippen molar-refractivity contribution in [1.29, 1.82) is 0 Å². The Labute approximate surface area is 257 Å². The number of methoxy groups -OCH3 is 1. The summed E-state index contributed by atoms with van der Waals surface area (Å²) >= 11 is 0. The van der Waals surface area contributed by atoms with Gasteiger partial charge in [0.1, 0.15) is 12.2 Å². The van der Waals surface area contributed by atoms with Crippen LogP contribution in [0.1, 0.15) is 47.9 Å². The van der Waals surface area contributed by atoms with E-state index >= 15 is 0 Å². The minimum absolute atomic E-state index is 0.0438. The van der Waals surface area contributed by atoms with Gasteiger partial charge in [-0.1, -0.05) is 24.3 Å². The summed E-state index contributed by atoms with van der Waals surface area (Å²) < 4.78 is 17.7. The normalized spacial score (nSPS) is 41.5. The number of likely N-dealkylation sites (N-methyl/N-ethyl adjacent to an activating group) is 2. The number of likely N-dealkylation sites (tertiary alicyclic amines) is 2. The lowest BCUT2D eigenvalue weighted by molar-refractivity contribution is -0.185. The molecule has 4 bridgehead atoms. The van der Waals surface area contributed by atoms with E-state index < -0.39 is 23.2 Å². The van der Waals surface area contributed by atoms with Crippen LogP contribution < -0.4 is 14.2 Å². The third-order valence-electron chi connectivity index (χ3n) is 12.9. The van der Waals surface area contributed by atoms with Crippen LogP contribution in [0.15, 0.2) is 36.4 Å². The molecule has 0 aromatic heterocycles. The number of carbonyl (C=O) groups excluding carboxylic acids is 1. The van der Waals surface area contributed by atoms with Gasteiger partial charge < -0.3 is 39.3 Å². The molecule has 0 amide bonds. The molecule has 0 radical (unpaired) electrons. The number of hydrogen-bond donors (Lipinski definition) is 3. The highest BCUT2D eigenvalue weighted by atomic mass is 16.5. The van der Waals surface area contributed by atoms with Crippen molar-refractivity contribution in [3.63, 3.8) is 0 Å². The van der Waals surface area contributed by atoms with Gasteiger partial charge in [-0.2, -0.15) is 0 Å². The first kappa shape index (κ1) is 27.2. The molecule has 9 nitrogen and oxygen atoms in total. The average molecular weight is 601 g/mol. The third kappa shape index (κ3) is 2.98. The van der Waals surface area contributed by atoms with Crippen LogP contribution in [0.4, 0.5) is 0 Å². The van der Waals surface area contributed by atoms with Gasteiger partial charge in [0.25, 0.3) is 0 Å². The van der Waals surface area contributed by atoms with E-state index in [0.29, 0.717) is 42.0 Å². The Balaban J connectivity index is 0.000000123. The van der Waals surface area contributed by atoms with Crippen LogP contribution in [0.2, 0.25) is 0 Å². The van der Waals surface area contributed by atoms with Crippen molar-refractivity contribution in [2.75, 3.05) is 34.3 Å². The van der Waals surface area contributed by atoms with E-state index in [1.807, 2.05) is 18.2 Å². The Morgan fingerprint density at radius 2 is 1.70 bits per heavy atom. The van der Waals surface area contributed by atoms with E-state index in [0.717, 1.165) is 44.3 Å². The molecular weight excluding hydrogens is 560 g/mol. The van der Waals surface area contributed by atoms with Crippen molar-refractivity contribution in [3.8, 4) is 23.0 Å². The summed E-state index contributed by atoms with van der Waals surface area (Å²) in [5.41, 5.74) is 3.03. The zero-order valence-corrected chi connectivity index (χ0v) is 25.5. The number of Topliss-reactive ketones (excluding diaryl/α,β-unsaturated/α-hetero) is 1. The first-order valence-electron chi connectivity index (χ1n) is 16.1. The highest BCUT2D eigenvalue weighted by Crippen LogP contribution is 2.65. The lowest BCUT2D eigenvalue weighted by Crippen LogP contribution is -2.76. The molecule has 4 aliphatic heterocycles. The van der Waals surface area contributed by atoms with Crippen LogP contribution in [0.25, 0.3) is 0 Å². The second kappa shape index (κ2) is 8.78. The maximum atomic E-state index is 12.7. The Hall–Kier alpha value is -3.11. The Morgan fingerprint density at radius 1 is 0.932 bits per heavy atom. The summed E-state index contributed by atoms with van der Waals surface area (Å²) in [7, 11) is 5.88. The molecule has 3 N–H and O–H groups in total. The van der Waals surface area contributed by atoms with E-state index in [1.165, 1.54) is 16.7 Å². The largest absolute Gasteiger partial charge is 0.504 e. The number of rotatable bonds is 1. The van der Waals surface area contributed by atoms with Crippen molar-refractivity contribution >= 4 is 5.78 Å². The minimum Gasteiger partial charge on any atom is -0.504 e. The lowest BCUT2D eigenvalue weighted by Gasteiger charge is -2.62. The van der Waals surface area contributed by atoms with E-state index in [2.05, 4.69) is 36.0 Å². The number of carbonyl (C=O) groups is 1. The molecule has 2 aromatic carbocycles. The molecule has 9 atom stereocenters. The quantitative estimate of drug-likeness (QED) is 0.425. The molecule has 2 aromatic rings. The number of aromatic hydroxyl groups is 1. The number of ether oxygens (including phenoxy) is 3. The number of ketones is 1. The summed E-state index contributed by atoms with van der Waals surface area (Å²) in [5.74, 6) is 2.66. The first-order chi connectivity index (χ1) is 21.2. The van der Waals surface area contributed by atoms with Gasteiger partial charge in [-0.15, -0.1) is 0 Å². The van der Waals surface area contributed by atoms with Crippen LogP contribution in [-0.2, 0) is 28.5 Å². The molecule has 4 aliphatic carbocycles. The van der Waals surface area contributed by atoms with Crippen molar-refractivity contribution in [3.05, 3.63) is 58.7 Å². The zero-order valence-electron chi connectivity index (χ0n) is 25.5. The molecule has 2 saturated heterocycles. The van der Waals surface area contributed by atoms with E-state index in [4.69, 9.17) is 14.2 Å². The molecule has 9 heteroatoms. The van der Waals surface area contributed by atoms with Gasteiger partial charge in [-0.05, 0) is 82.5 Å². The molecule has 10 rings (SSSR count). The number of aliphatic hydroxyl groups is 2. The van der Waals surface area contributed by atoms with Gasteiger partial charge in [-0.3, -0.25) is 4.79 Å². The number of hydrogen-bond acceptors (Lipinski definition) is 9. The molecule has 8 aliphatic rings. The summed E-state index contributed by atoms with van der Waals surface area (Å²) in [5, 5.41) is 32.4. The number of piperidine rings is 2. The van der Waals surface area contributed by atoms with Crippen LogP contribution in [-0.4, -0.2) is 101 Å². The summed E-state index contributed by atoms with van der Waals surface area (Å²) in [6.45, 7) is 1.88. The van der Waals surface area contributed by atoms with Crippen LogP contribution in [0.3, 0.4) is 0 Å². The Morgan fingerprint density at radius 3 is 2.52 bits per heavy atom. The fraction of sp³-hybridized carbons (Fsp3) is 0.571. The average Bonchev–Trinajstić information content (AvgIpc) is 3.56. The SMILES string of the molecule is CN1CC[C@]23c4c5ccc(O)c4O[C@H]2[C@@H](O)C=C[C@H]3[C@H]1C5.COc1ccc2c3c1O[C@H]1C(=O)CC[C@@]4(O)[C@@H](C2)N(C)CC[C@]314. The second-order valence-electron chi connectivity index (χ2n) is 14.4. The number of phenolic OH excluding ortho intramolecular Hbond substituents is 1. The van der Waals surface area contributed by atoms with Crippen LogP contribution in [0.5, 0.6) is 23.0 Å². The van der Waals surface area contributed by atoms with Crippen molar-refractivity contribution in [1.82, 2.24) is 9.80 Å². The van der Waals surface area contributed by atoms with Crippen molar-refractivity contribution < 1.29 is 34.3 Å². The predicted octanol–water partition coefficient (Wildman–Crippen LogP) is 2.25. The fourth-order valence-electron chi connectivity index (χ4n) is 10.9. The van der Waals surface area contributed by atoms with Gasteiger partial charge in [0.2, 0.25) is 0 Å². The van der Waals surface area contributed by atoms with Crippen molar-refractivity contribution in [2.45, 2.75) is 85.4 Å². The summed E-state index contributed by atoms with van der Waals surface area (Å²) in [4.78, 5) is 17.3. The molecule has 3 fully saturated rings. The third-order valence-corrected chi connectivity index (χ3v) is 12.9. The molecule has 0 unspecified atom stereocenters. The molecule has 4 heterocycles. The van der Waals surface area contributed by atoms with Crippen molar-refractivity contribution in [2.24, 2.45) is 5.92 Å². The number of phenols is 1. The molecule has 1 saturated carbocycles. The highest BCUT2D eigenvalue weighted by Gasteiger charge is 2.73. The number of nitrogens with zero attached hydrogens (tertiary/aromatic N) is 2. The van der Waals surface area contributed by atoms with Gasteiger partial charge in [0.05, 0.1) is 18.1 Å². The minimum atomic E-state index is -0.900. The molecule has 2 spiro atoms. The lowest BCUT2D eigenvalue weighted by atomic mass is 9.49. The highest BCUT2D eigenvalue weighted by molar-refractivity contribution is 5.90. The van der Waals surface area contributed by atoms with Gasteiger partial charge >= 0.3 is 0 Å². The first-order valence-corrected chi connectivity index (χ1v) is 16.1. The van der Waals surface area contributed by atoms with Crippen LogP contribution in [0, 0.1) is 5.92 Å². The maximum absolute atomic E-state index is 12.7. The topological polar surface area (TPSA) is 112 Å². The standard InChI is InChI=1S/C18H21NO4.C17H19NO3/c1-19-8-7-17-14-10-3-4-12(22-2)15(14)23-16(17)11(20)5-6-18(17,21)13(19)9-10;1-18-7-6-17-10-3-5-13(20)16(17)21-15-12(19)4-2-9(14(15)17)8-11(10)18/h3-4,13,16,21H,5-9H2,1-2H3;2-5,10-11,13,16,19-20H,6-8H2,1H3/t13-,16+,17+,18-;10-,11+,13-,16-,17-/m10/s1. The Bertz CT molecular complexity index is 1640. The van der Waals surface area contributed by atoms with Gasteiger partial charge in [0, 0.05) is 41.0 Å². The molecule has 44 heavy (non-hydrogen) atoms. The number of benzene rings is 2. The van der Waals surface area contributed by atoms with Gasteiger partial charge in [0.15, 0.2) is 34.9 Å². The maximum Gasteiger partial charge on any atom is 0.174 e. The molecule has 232 valence electrons. The summed E-state index contributed by atoms with van der Waals surface area (Å²) in [6, 6.07) is 8.27. The predicted molar refractivity (Wildman–Crippen MR) is 161 cm³/mol. The monoisotopic (exact) mass is 600 g/mol. The summed E-state index contributed by atoms with van der Waals surface area (Å²) in [6.07, 6.45) is 7.07.